The molecular weight excluding hydrogens is 252 g/mol. The first kappa shape index (κ1) is 13.0. The monoisotopic (exact) mass is 272 g/mol. The maximum Gasteiger partial charge on any atom is 0.253 e. The number of nitrogens with zero attached hydrogens (tertiary/aromatic N) is 1. The summed E-state index contributed by atoms with van der Waals surface area (Å²) in [7, 11) is 0. The van der Waals surface area contributed by atoms with Gasteiger partial charge in [-0.15, -0.1) is 0 Å². The Morgan fingerprint density at radius 2 is 2.15 bits per heavy atom. The molecule has 5 heteroatoms. The number of amides is 1. The van der Waals surface area contributed by atoms with Crippen molar-refractivity contribution in [2.24, 2.45) is 0 Å². The average Bonchev–Trinajstić information content (AvgIpc) is 3.07. The number of aromatic nitrogens is 1. The zero-order valence-electron chi connectivity index (χ0n) is 11.5. The summed E-state index contributed by atoms with van der Waals surface area (Å²) in [5, 5.41) is 3.90. The summed E-state index contributed by atoms with van der Waals surface area (Å²) in [6.07, 6.45) is 4.30. The third kappa shape index (κ3) is 2.63. The lowest BCUT2D eigenvalue weighted by molar-refractivity contribution is 0.0951. The predicted octanol–water partition coefficient (Wildman–Crippen LogP) is 1.58. The molecule has 0 saturated carbocycles. The van der Waals surface area contributed by atoms with Crippen LogP contribution in [0.4, 0.5) is 5.69 Å². The van der Waals surface area contributed by atoms with E-state index < -0.39 is 0 Å². The number of rotatable bonds is 4. The maximum atomic E-state index is 12.2. The summed E-state index contributed by atoms with van der Waals surface area (Å²) in [6, 6.07) is 5.55. The second-order valence-corrected chi connectivity index (χ2v) is 5.31. The van der Waals surface area contributed by atoms with Crippen molar-refractivity contribution in [2.45, 2.75) is 12.8 Å². The van der Waals surface area contributed by atoms with Gasteiger partial charge < -0.3 is 20.9 Å². The first-order valence-electron chi connectivity index (χ1n) is 7.11. The fourth-order valence-electron chi connectivity index (χ4n) is 2.76. The second-order valence-electron chi connectivity index (χ2n) is 5.31. The number of nitrogens with one attached hydrogen (secondary N) is 2. The highest BCUT2D eigenvalue weighted by Crippen LogP contribution is 2.20. The van der Waals surface area contributed by atoms with Crippen molar-refractivity contribution in [3.05, 3.63) is 30.0 Å². The standard InChI is InChI=1S/C15H20N4O/c16-11-3-4-12-13(10-18-14(12)9-11)15(20)17-5-8-19-6-1-2-7-19/h3-4,9-10,18H,1-2,5-8,16H2,(H,17,20). The van der Waals surface area contributed by atoms with Crippen LogP contribution in [0.2, 0.25) is 0 Å². The molecule has 1 saturated heterocycles. The molecule has 4 N–H and O–H groups in total. The summed E-state index contributed by atoms with van der Waals surface area (Å²) in [6.45, 7) is 3.94. The molecular formula is C15H20N4O. The van der Waals surface area contributed by atoms with Crippen LogP contribution in [0.5, 0.6) is 0 Å². The van der Waals surface area contributed by atoms with Gasteiger partial charge in [0.15, 0.2) is 0 Å². The molecule has 0 atom stereocenters. The molecule has 0 unspecified atom stereocenters. The minimum atomic E-state index is -0.0276. The number of likely N-dealkylation sites (tertiary alicyclic amines) is 1. The van der Waals surface area contributed by atoms with Crippen LogP contribution in [-0.2, 0) is 0 Å². The highest BCUT2D eigenvalue weighted by Gasteiger charge is 2.14. The average molecular weight is 272 g/mol. The highest BCUT2D eigenvalue weighted by atomic mass is 16.1. The first-order chi connectivity index (χ1) is 9.74. The highest BCUT2D eigenvalue weighted by molar-refractivity contribution is 6.07. The van der Waals surface area contributed by atoms with E-state index in [-0.39, 0.29) is 5.91 Å². The number of hydrogen-bond acceptors (Lipinski definition) is 3. The lowest BCUT2D eigenvalue weighted by atomic mass is 10.1. The molecule has 1 aliphatic rings. The van der Waals surface area contributed by atoms with Crippen molar-refractivity contribution in [2.75, 3.05) is 31.9 Å². The molecule has 2 heterocycles. The summed E-state index contributed by atoms with van der Waals surface area (Å²) >= 11 is 0. The molecule has 2 aromatic rings. The summed E-state index contributed by atoms with van der Waals surface area (Å²) < 4.78 is 0. The van der Waals surface area contributed by atoms with Crippen molar-refractivity contribution in [1.29, 1.82) is 0 Å². The number of anilines is 1. The van der Waals surface area contributed by atoms with E-state index >= 15 is 0 Å². The van der Waals surface area contributed by atoms with Gasteiger partial charge in [-0.25, -0.2) is 0 Å². The van der Waals surface area contributed by atoms with Gasteiger partial charge >= 0.3 is 0 Å². The Labute approximate surface area is 118 Å². The van der Waals surface area contributed by atoms with Gasteiger partial charge in [0.1, 0.15) is 0 Å². The van der Waals surface area contributed by atoms with E-state index in [0.717, 1.165) is 30.5 Å². The summed E-state index contributed by atoms with van der Waals surface area (Å²) in [4.78, 5) is 17.7. The molecule has 0 bridgehead atoms. The lowest BCUT2D eigenvalue weighted by Crippen LogP contribution is -2.33. The van der Waals surface area contributed by atoms with Crippen LogP contribution >= 0.6 is 0 Å². The number of benzene rings is 1. The molecule has 1 aromatic heterocycles. The third-order valence-electron chi connectivity index (χ3n) is 3.86. The Bertz CT molecular complexity index is 613. The Morgan fingerprint density at radius 3 is 2.95 bits per heavy atom. The molecule has 1 aliphatic heterocycles. The molecule has 0 radical (unpaired) electrons. The number of nitrogen functional groups attached to an aromatic ring is 1. The minimum absolute atomic E-state index is 0.0276. The van der Waals surface area contributed by atoms with E-state index in [1.165, 1.54) is 12.8 Å². The fraction of sp³-hybridized carbons (Fsp3) is 0.400. The van der Waals surface area contributed by atoms with Crippen molar-refractivity contribution in [1.82, 2.24) is 15.2 Å². The first-order valence-corrected chi connectivity index (χ1v) is 7.11. The van der Waals surface area contributed by atoms with Gasteiger partial charge in [-0.2, -0.15) is 0 Å². The van der Waals surface area contributed by atoms with Crippen molar-refractivity contribution in [3.63, 3.8) is 0 Å². The van der Waals surface area contributed by atoms with Gasteiger partial charge in [0.2, 0.25) is 0 Å². The van der Waals surface area contributed by atoms with Crippen molar-refractivity contribution < 1.29 is 4.79 Å². The molecule has 1 amide bonds. The van der Waals surface area contributed by atoms with E-state index in [0.29, 0.717) is 17.8 Å². The lowest BCUT2D eigenvalue weighted by Gasteiger charge is -2.14. The van der Waals surface area contributed by atoms with Gasteiger partial charge in [-0.3, -0.25) is 4.79 Å². The van der Waals surface area contributed by atoms with Crippen molar-refractivity contribution >= 4 is 22.5 Å². The number of hydrogen-bond donors (Lipinski definition) is 3. The van der Waals surface area contributed by atoms with Crippen LogP contribution in [0.25, 0.3) is 10.9 Å². The Hall–Kier alpha value is -2.01. The second kappa shape index (κ2) is 5.54. The maximum absolute atomic E-state index is 12.2. The molecule has 1 aromatic carbocycles. The van der Waals surface area contributed by atoms with Crippen LogP contribution in [-0.4, -0.2) is 42.0 Å². The van der Waals surface area contributed by atoms with Crippen LogP contribution in [0, 0.1) is 0 Å². The van der Waals surface area contributed by atoms with Gasteiger partial charge in [0, 0.05) is 35.9 Å². The number of H-pyrrole nitrogens is 1. The SMILES string of the molecule is Nc1ccc2c(C(=O)NCCN3CCCC3)c[nH]c2c1. The van der Waals surface area contributed by atoms with Crippen LogP contribution in [0.15, 0.2) is 24.4 Å². The molecule has 0 spiro atoms. The molecule has 20 heavy (non-hydrogen) atoms. The van der Waals surface area contributed by atoms with E-state index in [1.54, 1.807) is 6.20 Å². The van der Waals surface area contributed by atoms with Crippen LogP contribution in [0.1, 0.15) is 23.2 Å². The van der Waals surface area contributed by atoms with Gasteiger partial charge in [0.05, 0.1) is 5.56 Å². The molecule has 106 valence electrons. The number of nitrogens with two attached hydrogens (primary N) is 1. The fourth-order valence-corrected chi connectivity index (χ4v) is 2.76. The number of fused-ring (bicyclic) bond motifs is 1. The van der Waals surface area contributed by atoms with Crippen molar-refractivity contribution in [3.8, 4) is 0 Å². The Morgan fingerprint density at radius 1 is 1.35 bits per heavy atom. The van der Waals surface area contributed by atoms with Gasteiger partial charge in [-0.05, 0) is 44.1 Å². The van der Waals surface area contributed by atoms with Crippen LogP contribution < -0.4 is 11.1 Å². The van der Waals surface area contributed by atoms with E-state index in [9.17, 15) is 4.79 Å². The molecule has 3 rings (SSSR count). The predicted molar refractivity (Wildman–Crippen MR) is 80.7 cm³/mol. The van der Waals surface area contributed by atoms with Gasteiger partial charge in [-0.1, -0.05) is 0 Å². The molecule has 0 aliphatic carbocycles. The van der Waals surface area contributed by atoms with E-state index in [1.807, 2.05) is 18.2 Å². The van der Waals surface area contributed by atoms with Gasteiger partial charge in [0.25, 0.3) is 5.91 Å². The normalized spacial score (nSPS) is 15.8. The third-order valence-corrected chi connectivity index (χ3v) is 3.86. The minimum Gasteiger partial charge on any atom is -0.399 e. The number of aromatic amines is 1. The van der Waals surface area contributed by atoms with Crippen LogP contribution in [0.3, 0.4) is 0 Å². The molecule has 5 nitrogen and oxygen atoms in total. The van der Waals surface area contributed by atoms with E-state index in [2.05, 4.69) is 15.2 Å². The van der Waals surface area contributed by atoms with E-state index in [4.69, 9.17) is 5.73 Å². The Balaban J connectivity index is 1.63. The molecule has 1 fully saturated rings. The number of carbonyl (C=O) groups is 1. The Kier molecular flexibility index (Phi) is 3.60. The smallest absolute Gasteiger partial charge is 0.253 e. The number of carbonyl (C=O) groups excluding carboxylic acids is 1. The quantitative estimate of drug-likeness (QED) is 0.740. The summed E-state index contributed by atoms with van der Waals surface area (Å²) in [5.74, 6) is -0.0276. The zero-order valence-corrected chi connectivity index (χ0v) is 11.5. The largest absolute Gasteiger partial charge is 0.399 e. The zero-order chi connectivity index (χ0) is 13.9. The topological polar surface area (TPSA) is 74.2 Å². The summed E-state index contributed by atoms with van der Waals surface area (Å²) in [5.41, 5.74) is 8.01.